The van der Waals surface area contributed by atoms with E-state index in [-0.39, 0.29) is 24.2 Å². The monoisotopic (exact) mass is 473 g/mol. The number of aromatic nitrogens is 1. The number of fused-ring (bicyclic) bond motifs is 1. The van der Waals surface area contributed by atoms with Crippen molar-refractivity contribution in [1.29, 1.82) is 0 Å². The summed E-state index contributed by atoms with van der Waals surface area (Å²) in [4.78, 5) is 22.1. The van der Waals surface area contributed by atoms with E-state index in [1.165, 1.54) is 6.42 Å². The molecule has 0 N–H and O–H groups in total. The van der Waals surface area contributed by atoms with Crippen LogP contribution in [0.15, 0.2) is 22.7 Å². The number of hydrogen-bond acceptors (Lipinski definition) is 5. The van der Waals surface area contributed by atoms with E-state index >= 15 is 0 Å². The van der Waals surface area contributed by atoms with Crippen LogP contribution in [0.2, 0.25) is 0 Å². The first-order valence-corrected chi connectivity index (χ1v) is 11.0. The van der Waals surface area contributed by atoms with Gasteiger partial charge in [-0.25, -0.2) is 4.98 Å². The SMILES string of the molecule is Cl.O=C(C1CCC1)N(CCCN1CCOCC1)c1nc2ccc(Br)cc2s1. The Morgan fingerprint density at radius 3 is 2.81 bits per heavy atom. The molecule has 4 rings (SSSR count). The van der Waals surface area contributed by atoms with Crippen LogP contribution < -0.4 is 4.90 Å². The quantitative estimate of drug-likeness (QED) is 0.625. The average Bonchev–Trinajstić information content (AvgIpc) is 3.00. The molecule has 2 aromatic rings. The number of thiazole rings is 1. The zero-order valence-electron chi connectivity index (χ0n) is 15.2. The van der Waals surface area contributed by atoms with E-state index < -0.39 is 0 Å². The van der Waals surface area contributed by atoms with Gasteiger partial charge in [0.1, 0.15) is 0 Å². The van der Waals surface area contributed by atoms with Crippen LogP contribution in [-0.4, -0.2) is 55.2 Å². The van der Waals surface area contributed by atoms with Gasteiger partial charge in [0.2, 0.25) is 5.91 Å². The summed E-state index contributed by atoms with van der Waals surface area (Å²) in [5.74, 6) is 0.452. The Hall–Kier alpha value is -0.730. The van der Waals surface area contributed by atoms with E-state index in [2.05, 4.69) is 26.9 Å². The first kappa shape index (κ1) is 21.0. The molecule has 8 heteroatoms. The van der Waals surface area contributed by atoms with Crippen molar-refractivity contribution < 1.29 is 9.53 Å². The highest BCUT2D eigenvalue weighted by molar-refractivity contribution is 9.10. The van der Waals surface area contributed by atoms with Gasteiger partial charge >= 0.3 is 0 Å². The zero-order valence-corrected chi connectivity index (χ0v) is 18.5. The summed E-state index contributed by atoms with van der Waals surface area (Å²) in [6, 6.07) is 6.09. The van der Waals surface area contributed by atoms with E-state index in [1.54, 1.807) is 11.3 Å². The van der Waals surface area contributed by atoms with Gasteiger partial charge in [0.25, 0.3) is 0 Å². The highest BCUT2D eigenvalue weighted by atomic mass is 79.9. The van der Waals surface area contributed by atoms with Crippen molar-refractivity contribution in [2.75, 3.05) is 44.3 Å². The summed E-state index contributed by atoms with van der Waals surface area (Å²) in [6.45, 7) is 5.37. The van der Waals surface area contributed by atoms with Crippen molar-refractivity contribution in [3.8, 4) is 0 Å². The van der Waals surface area contributed by atoms with E-state index in [9.17, 15) is 4.79 Å². The minimum Gasteiger partial charge on any atom is -0.379 e. The standard InChI is InChI=1S/C19H24BrN3O2S.ClH/c20-15-5-6-16-17(13-15)26-19(21-16)23(18(24)14-3-1-4-14)8-2-7-22-9-11-25-12-10-22;/h5-6,13-14H,1-4,7-12H2;1H. The minimum atomic E-state index is 0. The van der Waals surface area contributed by atoms with Gasteiger partial charge in [-0.1, -0.05) is 33.7 Å². The van der Waals surface area contributed by atoms with Crippen LogP contribution in [0.1, 0.15) is 25.7 Å². The van der Waals surface area contributed by atoms with Gasteiger partial charge < -0.3 is 4.74 Å². The summed E-state index contributed by atoms with van der Waals surface area (Å²) in [7, 11) is 0. The first-order valence-electron chi connectivity index (χ1n) is 9.38. The predicted molar refractivity (Wildman–Crippen MR) is 116 cm³/mol. The third kappa shape index (κ3) is 5.01. The lowest BCUT2D eigenvalue weighted by molar-refractivity contribution is -0.124. The lowest BCUT2D eigenvalue weighted by atomic mass is 9.84. The van der Waals surface area contributed by atoms with E-state index in [0.717, 1.165) is 78.5 Å². The Morgan fingerprint density at radius 2 is 2.11 bits per heavy atom. The molecule has 1 aliphatic heterocycles. The van der Waals surface area contributed by atoms with Crippen molar-refractivity contribution in [2.24, 2.45) is 5.92 Å². The van der Waals surface area contributed by atoms with Gasteiger partial charge in [-0.05, 0) is 37.5 Å². The minimum absolute atomic E-state index is 0. The van der Waals surface area contributed by atoms with Crippen molar-refractivity contribution in [3.63, 3.8) is 0 Å². The van der Waals surface area contributed by atoms with Gasteiger partial charge in [-0.15, -0.1) is 12.4 Å². The Balaban J connectivity index is 0.00000210. The number of nitrogens with zero attached hydrogens (tertiary/aromatic N) is 3. The summed E-state index contributed by atoms with van der Waals surface area (Å²) in [6.07, 6.45) is 4.19. The van der Waals surface area contributed by atoms with Crippen LogP contribution in [-0.2, 0) is 9.53 Å². The number of carbonyl (C=O) groups excluding carboxylic acids is 1. The van der Waals surface area contributed by atoms with Crippen molar-refractivity contribution in [1.82, 2.24) is 9.88 Å². The molecule has 148 valence electrons. The number of carbonyl (C=O) groups is 1. The second-order valence-corrected chi connectivity index (χ2v) is 8.96. The molecule has 1 aromatic heterocycles. The average molecular weight is 475 g/mol. The highest BCUT2D eigenvalue weighted by Crippen LogP contribution is 2.34. The lowest BCUT2D eigenvalue weighted by Gasteiger charge is -2.31. The fourth-order valence-corrected chi connectivity index (χ4v) is 5.00. The lowest BCUT2D eigenvalue weighted by Crippen LogP contribution is -2.42. The Bertz CT molecular complexity index is 777. The molecule has 1 saturated heterocycles. The molecular formula is C19H25BrClN3O2S. The number of rotatable bonds is 6. The smallest absolute Gasteiger partial charge is 0.231 e. The molecule has 1 amide bonds. The first-order chi connectivity index (χ1) is 12.7. The number of morpholine rings is 1. The largest absolute Gasteiger partial charge is 0.379 e. The Morgan fingerprint density at radius 1 is 1.33 bits per heavy atom. The maximum Gasteiger partial charge on any atom is 0.231 e. The van der Waals surface area contributed by atoms with Gasteiger partial charge in [0.15, 0.2) is 5.13 Å². The summed E-state index contributed by atoms with van der Waals surface area (Å²) in [5.41, 5.74) is 0.966. The normalized spacial score (nSPS) is 18.1. The number of amides is 1. The van der Waals surface area contributed by atoms with Crippen LogP contribution in [0.3, 0.4) is 0 Å². The molecule has 1 aromatic carbocycles. The molecule has 0 radical (unpaired) electrons. The van der Waals surface area contributed by atoms with Crippen LogP contribution in [0.5, 0.6) is 0 Å². The molecule has 0 bridgehead atoms. The van der Waals surface area contributed by atoms with Crippen molar-refractivity contribution in [2.45, 2.75) is 25.7 Å². The molecule has 0 unspecified atom stereocenters. The van der Waals surface area contributed by atoms with E-state index in [1.807, 2.05) is 17.0 Å². The summed E-state index contributed by atoms with van der Waals surface area (Å²) in [5, 5.41) is 0.844. The molecule has 1 aliphatic carbocycles. The number of anilines is 1. The molecular weight excluding hydrogens is 450 g/mol. The zero-order chi connectivity index (χ0) is 17.9. The summed E-state index contributed by atoms with van der Waals surface area (Å²) >= 11 is 5.14. The highest BCUT2D eigenvalue weighted by Gasteiger charge is 2.31. The molecule has 2 fully saturated rings. The molecule has 2 heterocycles. The number of hydrogen-bond donors (Lipinski definition) is 0. The fourth-order valence-electron chi connectivity index (χ4n) is 3.45. The van der Waals surface area contributed by atoms with Gasteiger partial charge in [0, 0.05) is 36.6 Å². The van der Waals surface area contributed by atoms with Crippen LogP contribution in [0.4, 0.5) is 5.13 Å². The molecule has 27 heavy (non-hydrogen) atoms. The van der Waals surface area contributed by atoms with E-state index in [0.29, 0.717) is 0 Å². The van der Waals surface area contributed by atoms with E-state index in [4.69, 9.17) is 9.72 Å². The van der Waals surface area contributed by atoms with Crippen LogP contribution in [0.25, 0.3) is 10.2 Å². The predicted octanol–water partition coefficient (Wildman–Crippen LogP) is 4.34. The number of halogens is 2. The fraction of sp³-hybridized carbons (Fsp3) is 0.579. The van der Waals surface area contributed by atoms with Crippen molar-refractivity contribution in [3.05, 3.63) is 22.7 Å². The molecule has 1 saturated carbocycles. The number of benzene rings is 1. The van der Waals surface area contributed by atoms with Gasteiger partial charge in [-0.2, -0.15) is 0 Å². The molecule has 2 aliphatic rings. The van der Waals surface area contributed by atoms with Crippen molar-refractivity contribution >= 4 is 60.9 Å². The third-order valence-electron chi connectivity index (χ3n) is 5.25. The Kier molecular flexibility index (Phi) is 7.50. The molecule has 5 nitrogen and oxygen atoms in total. The summed E-state index contributed by atoms with van der Waals surface area (Å²) < 4.78 is 7.58. The Labute approximate surface area is 178 Å². The van der Waals surface area contributed by atoms with Gasteiger partial charge in [0.05, 0.1) is 23.4 Å². The maximum atomic E-state index is 13.0. The maximum absolute atomic E-state index is 13.0. The van der Waals surface area contributed by atoms with Crippen LogP contribution in [0, 0.1) is 5.92 Å². The number of ether oxygens (including phenoxy) is 1. The molecule has 0 atom stereocenters. The topological polar surface area (TPSA) is 45.7 Å². The molecule has 0 spiro atoms. The second kappa shape index (κ2) is 9.65. The van der Waals surface area contributed by atoms with Gasteiger partial charge in [-0.3, -0.25) is 14.6 Å². The van der Waals surface area contributed by atoms with Crippen LogP contribution >= 0.6 is 39.7 Å². The third-order valence-corrected chi connectivity index (χ3v) is 6.78. The second-order valence-electron chi connectivity index (χ2n) is 7.03.